The smallest absolute Gasteiger partial charge is 0.288 e. The van der Waals surface area contributed by atoms with E-state index >= 15 is 0 Å². The zero-order valence-corrected chi connectivity index (χ0v) is 13.8. The second kappa shape index (κ2) is 5.86. The summed E-state index contributed by atoms with van der Waals surface area (Å²) in [6.45, 7) is 0.133. The average Bonchev–Trinajstić information content (AvgIpc) is 2.94. The van der Waals surface area contributed by atoms with Crippen molar-refractivity contribution < 1.29 is 19.2 Å². The number of ketones is 2. The van der Waals surface area contributed by atoms with Crippen molar-refractivity contribution in [2.24, 2.45) is 10.9 Å². The Kier molecular flexibility index (Phi) is 3.77. The number of benzene rings is 1. The van der Waals surface area contributed by atoms with E-state index in [9.17, 15) is 19.7 Å². The number of halogens is 1. The number of rotatable bonds is 2. The Morgan fingerprint density at radius 3 is 2.76 bits per heavy atom. The molecule has 0 N–H and O–H groups in total. The molecular weight excluding hydrogens is 348 g/mol. The number of Topliss-reactive ketones (excluding diaryl/α,β-unsaturated/α-hetero) is 2. The molecule has 1 aromatic rings. The number of nitro benzene ring substituents is 1. The fraction of sp³-hybridized carbons (Fsp3) is 0.353. The Balaban J connectivity index is 1.91. The van der Waals surface area contributed by atoms with E-state index in [1.807, 2.05) is 0 Å². The van der Waals surface area contributed by atoms with Crippen molar-refractivity contribution in [1.82, 2.24) is 0 Å². The van der Waals surface area contributed by atoms with Gasteiger partial charge in [-0.1, -0.05) is 17.7 Å². The predicted molar refractivity (Wildman–Crippen MR) is 88.9 cm³/mol. The predicted octanol–water partition coefficient (Wildman–Crippen LogP) is 2.62. The molecule has 2 atom stereocenters. The van der Waals surface area contributed by atoms with Gasteiger partial charge >= 0.3 is 0 Å². The minimum absolute atomic E-state index is 0.00666. The summed E-state index contributed by atoms with van der Waals surface area (Å²) in [5.74, 6) is -1.33. The second-order valence-corrected chi connectivity index (χ2v) is 6.68. The van der Waals surface area contributed by atoms with Crippen LogP contribution in [0.5, 0.6) is 0 Å². The van der Waals surface area contributed by atoms with Gasteiger partial charge in [-0.25, -0.2) is 0 Å². The second-order valence-electron chi connectivity index (χ2n) is 6.27. The van der Waals surface area contributed by atoms with Crippen LogP contribution in [-0.4, -0.2) is 35.4 Å². The van der Waals surface area contributed by atoms with Gasteiger partial charge in [-0.2, -0.15) is 0 Å². The van der Waals surface area contributed by atoms with Crippen LogP contribution in [0.2, 0.25) is 5.02 Å². The summed E-state index contributed by atoms with van der Waals surface area (Å²) >= 11 is 5.90. The summed E-state index contributed by atoms with van der Waals surface area (Å²) < 4.78 is 5.26. The lowest BCUT2D eigenvalue weighted by Crippen LogP contribution is -2.36. The van der Waals surface area contributed by atoms with Gasteiger partial charge in [0, 0.05) is 29.7 Å². The third kappa shape index (κ3) is 2.51. The Morgan fingerprint density at radius 2 is 2.00 bits per heavy atom. The molecule has 128 valence electrons. The molecule has 1 saturated carbocycles. The minimum atomic E-state index is -0.568. The molecule has 0 bridgehead atoms. The molecule has 2 unspecified atom stereocenters. The zero-order valence-electron chi connectivity index (χ0n) is 13.0. The summed E-state index contributed by atoms with van der Waals surface area (Å²) in [5, 5.41) is 11.2. The molecule has 1 fully saturated rings. The van der Waals surface area contributed by atoms with Gasteiger partial charge in [0.05, 0.1) is 23.1 Å². The van der Waals surface area contributed by atoms with Crippen molar-refractivity contribution in [1.29, 1.82) is 0 Å². The van der Waals surface area contributed by atoms with Crippen molar-refractivity contribution in [2.75, 3.05) is 13.2 Å². The summed E-state index contributed by atoms with van der Waals surface area (Å²) in [4.78, 5) is 40.1. The monoisotopic (exact) mass is 360 g/mol. The van der Waals surface area contributed by atoms with Gasteiger partial charge in [0.2, 0.25) is 0 Å². The molecule has 7 nitrogen and oxygen atoms in total. The quantitative estimate of drug-likeness (QED) is 0.596. The number of carbonyl (C=O) groups excluding carboxylic acids is 2. The highest BCUT2D eigenvalue weighted by Gasteiger charge is 2.46. The van der Waals surface area contributed by atoms with Crippen molar-refractivity contribution in [3.05, 3.63) is 50.2 Å². The van der Waals surface area contributed by atoms with Crippen LogP contribution >= 0.6 is 11.6 Å². The number of fused-ring (bicyclic) bond motifs is 1. The number of hydrogen-bond acceptors (Lipinski definition) is 6. The zero-order chi connectivity index (χ0) is 17.7. The molecule has 4 rings (SSSR count). The first-order chi connectivity index (χ1) is 12.0. The fourth-order valence-electron chi connectivity index (χ4n) is 3.82. The number of ether oxygens (including phenoxy) is 1. The van der Waals surface area contributed by atoms with Crippen molar-refractivity contribution >= 4 is 34.6 Å². The molecule has 3 aliphatic rings. The average molecular weight is 361 g/mol. The van der Waals surface area contributed by atoms with Gasteiger partial charge in [0.1, 0.15) is 17.4 Å². The molecule has 25 heavy (non-hydrogen) atoms. The molecule has 8 heteroatoms. The number of nitrogens with zero attached hydrogens (tertiary/aromatic N) is 2. The molecule has 0 radical (unpaired) electrons. The van der Waals surface area contributed by atoms with Crippen LogP contribution in [-0.2, 0) is 14.3 Å². The van der Waals surface area contributed by atoms with Crippen LogP contribution in [0.4, 0.5) is 5.69 Å². The van der Waals surface area contributed by atoms with Crippen LogP contribution in [0.3, 0.4) is 0 Å². The van der Waals surface area contributed by atoms with Crippen molar-refractivity contribution in [3.8, 4) is 0 Å². The van der Waals surface area contributed by atoms with Gasteiger partial charge in [-0.3, -0.25) is 24.7 Å². The molecule has 1 aliphatic carbocycles. The fourth-order valence-corrected chi connectivity index (χ4v) is 4.00. The maximum atomic E-state index is 12.5. The lowest BCUT2D eigenvalue weighted by atomic mass is 9.74. The Bertz CT molecular complexity index is 889. The van der Waals surface area contributed by atoms with Gasteiger partial charge in [0.15, 0.2) is 5.78 Å². The normalized spacial score (nSPS) is 25.6. The van der Waals surface area contributed by atoms with E-state index in [1.54, 1.807) is 6.07 Å². The maximum absolute atomic E-state index is 12.5. The van der Waals surface area contributed by atoms with E-state index in [4.69, 9.17) is 16.3 Å². The van der Waals surface area contributed by atoms with Gasteiger partial charge in [0.25, 0.3) is 5.69 Å². The Hall–Kier alpha value is -2.38. The highest BCUT2D eigenvalue weighted by molar-refractivity contribution is 6.32. The van der Waals surface area contributed by atoms with E-state index in [-0.39, 0.29) is 35.5 Å². The molecule has 0 amide bonds. The molecule has 2 aliphatic heterocycles. The summed E-state index contributed by atoms with van der Waals surface area (Å²) in [5.41, 5.74) is 1.98. The Morgan fingerprint density at radius 1 is 1.20 bits per heavy atom. The summed E-state index contributed by atoms with van der Waals surface area (Å²) in [7, 11) is 0. The first-order valence-corrected chi connectivity index (χ1v) is 8.23. The van der Waals surface area contributed by atoms with Crippen LogP contribution < -0.4 is 0 Å². The number of nitro groups is 1. The lowest BCUT2D eigenvalue weighted by molar-refractivity contribution is -0.384. The highest BCUT2D eigenvalue weighted by atomic mass is 35.5. The van der Waals surface area contributed by atoms with Gasteiger partial charge < -0.3 is 4.74 Å². The largest absolute Gasteiger partial charge is 0.367 e. The SMILES string of the molecule is O=C1COCC2=C1C(c1ccc(Cl)c([N+](=O)[O-])c1)C1C(=O)CCC1=N2. The van der Waals surface area contributed by atoms with Gasteiger partial charge in [-0.05, 0) is 18.1 Å². The van der Waals surface area contributed by atoms with E-state index in [0.717, 1.165) is 5.71 Å². The number of hydrogen-bond donors (Lipinski definition) is 0. The molecule has 0 aromatic heterocycles. The van der Waals surface area contributed by atoms with Crippen LogP contribution in [0.15, 0.2) is 34.5 Å². The van der Waals surface area contributed by atoms with Crippen LogP contribution in [0.1, 0.15) is 24.3 Å². The number of aliphatic imine (C=N–C) groups is 1. The van der Waals surface area contributed by atoms with E-state index in [0.29, 0.717) is 29.7 Å². The van der Waals surface area contributed by atoms with Crippen LogP contribution in [0, 0.1) is 16.0 Å². The number of carbonyl (C=O) groups is 2. The molecular formula is C17H13ClN2O5. The van der Waals surface area contributed by atoms with Crippen molar-refractivity contribution in [2.45, 2.75) is 18.8 Å². The highest BCUT2D eigenvalue weighted by Crippen LogP contribution is 2.45. The third-order valence-corrected chi connectivity index (χ3v) is 5.19. The molecule has 1 aromatic carbocycles. The molecule has 0 spiro atoms. The summed E-state index contributed by atoms with van der Waals surface area (Å²) in [6, 6.07) is 4.43. The first kappa shape index (κ1) is 16.1. The summed E-state index contributed by atoms with van der Waals surface area (Å²) in [6.07, 6.45) is 0.909. The lowest BCUT2D eigenvalue weighted by Gasteiger charge is -2.32. The van der Waals surface area contributed by atoms with E-state index in [1.165, 1.54) is 12.1 Å². The molecule has 0 saturated heterocycles. The molecule has 2 heterocycles. The van der Waals surface area contributed by atoms with Gasteiger partial charge in [-0.15, -0.1) is 0 Å². The first-order valence-electron chi connectivity index (χ1n) is 7.85. The third-order valence-electron chi connectivity index (χ3n) is 4.87. The Labute approximate surface area is 147 Å². The minimum Gasteiger partial charge on any atom is -0.367 e. The topological polar surface area (TPSA) is 98.9 Å². The van der Waals surface area contributed by atoms with Crippen LogP contribution in [0.25, 0.3) is 0 Å². The standard InChI is InChI=1S/C17H13ClN2O5/c18-9-2-1-8(5-12(9)20(23)24)15-16-10(3-4-13(16)21)19-11-6-25-7-14(22)17(11)15/h1-2,5,15-16H,3-4,6-7H2. The van der Waals surface area contributed by atoms with Crippen molar-refractivity contribution in [3.63, 3.8) is 0 Å². The van der Waals surface area contributed by atoms with E-state index < -0.39 is 16.8 Å². The maximum Gasteiger partial charge on any atom is 0.288 e. The van der Waals surface area contributed by atoms with E-state index in [2.05, 4.69) is 4.99 Å².